The highest BCUT2D eigenvalue weighted by Gasteiger charge is 2.54. The van der Waals surface area contributed by atoms with Gasteiger partial charge in [-0.15, -0.1) is 0 Å². The summed E-state index contributed by atoms with van der Waals surface area (Å²) in [5, 5.41) is 0. The van der Waals surface area contributed by atoms with Crippen LogP contribution in [0, 0.1) is 0 Å². The van der Waals surface area contributed by atoms with Crippen LogP contribution in [0.5, 0.6) is 0 Å². The molecular weight excluding hydrogens is 440 g/mol. The molecule has 1 atom stereocenters. The van der Waals surface area contributed by atoms with Crippen LogP contribution in [-0.4, -0.2) is 29.6 Å². The van der Waals surface area contributed by atoms with Gasteiger partial charge in [-0.1, -0.05) is 43.7 Å². The van der Waals surface area contributed by atoms with Crippen LogP contribution in [-0.2, 0) is 28.8 Å². The lowest BCUT2D eigenvalue weighted by molar-refractivity contribution is -0.671. The number of unbranched alkanes of at least 4 members (excludes halogenated alkanes) is 1. The molecule has 0 radical (unpaired) electrons. The Hall–Kier alpha value is -3.61. The van der Waals surface area contributed by atoms with Crippen molar-refractivity contribution >= 4 is 23.3 Å². The Morgan fingerprint density at radius 3 is 2.69 bits per heavy atom. The Labute approximate surface area is 206 Å². The van der Waals surface area contributed by atoms with Crippen LogP contribution in [0.15, 0.2) is 67.3 Å². The van der Waals surface area contributed by atoms with Crippen molar-refractivity contribution in [3.8, 4) is 0 Å². The van der Waals surface area contributed by atoms with E-state index < -0.39 is 5.66 Å². The molecule has 1 unspecified atom stereocenters. The van der Waals surface area contributed by atoms with E-state index in [9.17, 15) is 9.59 Å². The maximum Gasteiger partial charge on any atom is 0.338 e. The molecule has 0 spiro atoms. The highest BCUT2D eigenvalue weighted by atomic mass is 16.5. The number of carbonyl (C=O) groups excluding carboxylic acids is 2. The first-order chi connectivity index (χ1) is 17.0. The average Bonchev–Trinajstić information content (AvgIpc) is 3.42. The van der Waals surface area contributed by atoms with Gasteiger partial charge in [0.05, 0.1) is 24.0 Å². The summed E-state index contributed by atoms with van der Waals surface area (Å²) in [4.78, 5) is 30.7. The predicted molar refractivity (Wildman–Crippen MR) is 134 cm³/mol. The molecule has 0 saturated carbocycles. The van der Waals surface area contributed by atoms with E-state index in [1.165, 1.54) is 0 Å². The average molecular weight is 474 g/mol. The summed E-state index contributed by atoms with van der Waals surface area (Å²) in [6.07, 6.45) is 10.1. The number of aryl methyl sites for hydroxylation is 1. The number of nitrogens with zero attached hydrogens (tertiary/aromatic N) is 4. The van der Waals surface area contributed by atoms with Gasteiger partial charge in [0, 0.05) is 13.0 Å². The summed E-state index contributed by atoms with van der Waals surface area (Å²) < 4.78 is 9.50. The predicted octanol–water partition coefficient (Wildman–Crippen LogP) is 4.16. The fraction of sp³-hybridized carbons (Fsp3) is 0.393. The normalized spacial score (nSPS) is 19.0. The smallest absolute Gasteiger partial charge is 0.338 e. The van der Waals surface area contributed by atoms with Gasteiger partial charge in [-0.05, 0) is 43.0 Å². The third kappa shape index (κ3) is 4.09. The van der Waals surface area contributed by atoms with E-state index in [0.29, 0.717) is 18.5 Å². The number of carbonyl (C=O) groups is 2. The van der Waals surface area contributed by atoms with Gasteiger partial charge in [-0.3, -0.25) is 9.69 Å². The van der Waals surface area contributed by atoms with E-state index in [4.69, 9.17) is 4.74 Å². The first kappa shape index (κ1) is 23.1. The summed E-state index contributed by atoms with van der Waals surface area (Å²) in [5.41, 5.74) is 2.85. The number of hydrogen-bond donors (Lipinski definition) is 0. The van der Waals surface area contributed by atoms with Crippen molar-refractivity contribution in [2.24, 2.45) is 7.05 Å². The van der Waals surface area contributed by atoms with E-state index in [1.807, 2.05) is 76.2 Å². The van der Waals surface area contributed by atoms with Crippen LogP contribution in [0.1, 0.15) is 54.9 Å². The molecule has 1 aromatic heterocycles. The number of benzene rings is 2. The first-order valence-corrected chi connectivity index (χ1v) is 12.5. The highest BCUT2D eigenvalue weighted by molar-refractivity contribution is 6.05. The van der Waals surface area contributed by atoms with Crippen molar-refractivity contribution in [1.29, 1.82) is 0 Å². The van der Waals surface area contributed by atoms with E-state index in [1.54, 1.807) is 0 Å². The van der Waals surface area contributed by atoms with E-state index in [0.717, 1.165) is 49.2 Å². The first-order valence-electron chi connectivity index (χ1n) is 12.5. The standard InChI is InChI=1S/C28H33N4O3/c1-3-4-15-31-24-13-12-22(27(34)35-19-18-30-17-16-29(2)21-30)20-25(24)32-26(33)11-8-14-28(31,32)23-9-6-5-7-10-23/h5-7,9-10,12-13,16-17,20-21H,3-4,8,11,14-15,18-19H2,1-2H3/q+1. The molecule has 0 aliphatic carbocycles. The zero-order chi connectivity index (χ0) is 24.4. The molecule has 3 aromatic rings. The molecule has 1 amide bonds. The fourth-order valence-electron chi connectivity index (χ4n) is 5.48. The number of amides is 1. The van der Waals surface area contributed by atoms with E-state index in [2.05, 4.69) is 24.0 Å². The number of aromatic nitrogens is 2. The number of piperidine rings is 1. The van der Waals surface area contributed by atoms with E-state index in [-0.39, 0.29) is 18.5 Å². The third-order valence-corrected chi connectivity index (χ3v) is 7.10. The van der Waals surface area contributed by atoms with Gasteiger partial charge in [-0.25, -0.2) is 13.9 Å². The maximum absolute atomic E-state index is 13.4. The number of imidazole rings is 1. The number of ether oxygens (including phenoxy) is 1. The third-order valence-electron chi connectivity index (χ3n) is 7.10. The Morgan fingerprint density at radius 1 is 1.11 bits per heavy atom. The van der Waals surface area contributed by atoms with Gasteiger partial charge >= 0.3 is 5.97 Å². The van der Waals surface area contributed by atoms with Gasteiger partial charge in [0.1, 0.15) is 31.2 Å². The number of anilines is 2. The van der Waals surface area contributed by atoms with Gasteiger partial charge in [-0.2, -0.15) is 0 Å². The van der Waals surface area contributed by atoms with Crippen molar-refractivity contribution in [2.45, 2.75) is 51.2 Å². The van der Waals surface area contributed by atoms with Gasteiger partial charge < -0.3 is 9.64 Å². The SMILES string of the molecule is CCCCN1c2ccc(C(=O)OCCn3cc[n+](C)c3)cc2N2C(=O)CCCC12c1ccccc1. The Bertz CT molecular complexity index is 1220. The monoisotopic (exact) mass is 473 g/mol. The minimum absolute atomic E-state index is 0.103. The molecule has 2 aliphatic heterocycles. The molecule has 3 heterocycles. The topological polar surface area (TPSA) is 58.7 Å². The van der Waals surface area contributed by atoms with Crippen LogP contribution in [0.4, 0.5) is 11.4 Å². The van der Waals surface area contributed by atoms with Gasteiger partial charge in [0.2, 0.25) is 12.2 Å². The Kier molecular flexibility index (Phi) is 6.32. The second kappa shape index (κ2) is 9.56. The van der Waals surface area contributed by atoms with Gasteiger partial charge in [0.15, 0.2) is 0 Å². The van der Waals surface area contributed by atoms with Crippen LogP contribution in [0.25, 0.3) is 0 Å². The molecule has 1 saturated heterocycles. The zero-order valence-electron chi connectivity index (χ0n) is 20.5. The van der Waals surface area contributed by atoms with Crippen molar-refractivity contribution in [2.75, 3.05) is 23.0 Å². The second-order valence-corrected chi connectivity index (χ2v) is 9.43. The molecule has 0 N–H and O–H groups in total. The summed E-state index contributed by atoms with van der Waals surface area (Å²) in [6, 6.07) is 16.0. The van der Waals surface area contributed by atoms with Crippen molar-refractivity contribution in [3.63, 3.8) is 0 Å². The lowest BCUT2D eigenvalue weighted by atomic mass is 9.87. The highest BCUT2D eigenvalue weighted by Crippen LogP contribution is 2.55. The number of rotatable bonds is 8. The molecule has 2 aromatic carbocycles. The molecule has 2 aliphatic rings. The summed E-state index contributed by atoms with van der Waals surface area (Å²) >= 11 is 0. The molecule has 182 valence electrons. The lowest BCUT2D eigenvalue weighted by Gasteiger charge is -2.48. The van der Waals surface area contributed by atoms with Crippen molar-refractivity contribution < 1.29 is 18.9 Å². The van der Waals surface area contributed by atoms with Crippen LogP contribution >= 0.6 is 0 Å². The molecular formula is C28H33N4O3+. The molecule has 1 fully saturated rings. The van der Waals surface area contributed by atoms with Crippen LogP contribution in [0.3, 0.4) is 0 Å². The number of hydrogen-bond acceptors (Lipinski definition) is 4. The summed E-state index contributed by atoms with van der Waals surface area (Å²) in [5.74, 6) is -0.266. The van der Waals surface area contributed by atoms with Crippen LogP contribution in [0.2, 0.25) is 0 Å². The molecule has 7 heteroatoms. The minimum atomic E-state index is -0.555. The summed E-state index contributed by atoms with van der Waals surface area (Å²) in [6.45, 7) is 3.90. The second-order valence-electron chi connectivity index (χ2n) is 9.43. The van der Waals surface area contributed by atoms with Crippen molar-refractivity contribution in [1.82, 2.24) is 4.57 Å². The number of esters is 1. The van der Waals surface area contributed by atoms with Crippen molar-refractivity contribution in [3.05, 3.63) is 78.4 Å². The Morgan fingerprint density at radius 2 is 1.94 bits per heavy atom. The largest absolute Gasteiger partial charge is 0.458 e. The molecule has 7 nitrogen and oxygen atoms in total. The van der Waals surface area contributed by atoms with Gasteiger partial charge in [0.25, 0.3) is 0 Å². The zero-order valence-corrected chi connectivity index (χ0v) is 20.5. The van der Waals surface area contributed by atoms with Crippen LogP contribution < -0.4 is 14.4 Å². The molecule has 0 bridgehead atoms. The lowest BCUT2D eigenvalue weighted by Crippen LogP contribution is -2.59. The number of fused-ring (bicyclic) bond motifs is 3. The summed E-state index contributed by atoms with van der Waals surface area (Å²) in [7, 11) is 1.95. The quantitative estimate of drug-likeness (QED) is 0.364. The fourth-order valence-corrected chi connectivity index (χ4v) is 5.48. The Balaban J connectivity index is 1.47. The molecule has 5 rings (SSSR count). The maximum atomic E-state index is 13.4. The minimum Gasteiger partial charge on any atom is -0.458 e. The molecule has 35 heavy (non-hydrogen) atoms. The van der Waals surface area contributed by atoms with E-state index >= 15 is 0 Å².